The maximum atomic E-state index is 13.4. The van der Waals surface area contributed by atoms with Crippen molar-refractivity contribution < 1.29 is 4.79 Å². The van der Waals surface area contributed by atoms with E-state index < -0.39 is 0 Å². The quantitative estimate of drug-likeness (QED) is 0.614. The first-order valence-corrected chi connectivity index (χ1v) is 10.2. The summed E-state index contributed by atoms with van der Waals surface area (Å²) in [5.41, 5.74) is 8.95. The van der Waals surface area contributed by atoms with Crippen LogP contribution in [0.3, 0.4) is 0 Å². The largest absolute Gasteiger partial charge is 0.399 e. The second-order valence-electron chi connectivity index (χ2n) is 8.04. The molecular weight excluding hydrogens is 392 g/mol. The second-order valence-corrected chi connectivity index (χ2v) is 8.04. The van der Waals surface area contributed by atoms with E-state index in [2.05, 4.69) is 15.3 Å². The average Bonchev–Trinajstić information content (AvgIpc) is 3.59. The van der Waals surface area contributed by atoms with Gasteiger partial charge < -0.3 is 20.9 Å². The third kappa shape index (κ3) is 3.70. The zero-order valence-electron chi connectivity index (χ0n) is 17.5. The van der Waals surface area contributed by atoms with Gasteiger partial charge in [0.1, 0.15) is 5.82 Å². The number of nitrogens with zero attached hydrogens (tertiary/aromatic N) is 6. The summed E-state index contributed by atoms with van der Waals surface area (Å²) in [4.78, 5) is 32.4. The van der Waals surface area contributed by atoms with Crippen LogP contribution in [-0.4, -0.2) is 46.0 Å². The van der Waals surface area contributed by atoms with Crippen molar-refractivity contribution >= 4 is 40.7 Å². The number of fused-ring (bicyclic) bond motifs is 1. The Morgan fingerprint density at radius 3 is 2.65 bits per heavy atom. The first-order chi connectivity index (χ1) is 15.0. The van der Waals surface area contributed by atoms with E-state index in [0.717, 1.165) is 29.9 Å². The lowest BCUT2D eigenvalue weighted by Crippen LogP contribution is -2.46. The molecule has 2 aliphatic rings. The van der Waals surface area contributed by atoms with Gasteiger partial charge in [-0.15, -0.1) is 0 Å². The summed E-state index contributed by atoms with van der Waals surface area (Å²) in [6.07, 6.45) is 5.58. The Hall–Kier alpha value is -3.88. The van der Waals surface area contributed by atoms with E-state index in [-0.39, 0.29) is 12.1 Å². The fraction of sp³-hybridized carbons (Fsp3) is 0.273. The van der Waals surface area contributed by atoms with Gasteiger partial charge in [-0.2, -0.15) is 4.98 Å². The van der Waals surface area contributed by atoms with Crippen molar-refractivity contribution in [1.29, 1.82) is 0 Å². The number of carbonyl (C=O) groups excluding carboxylic acids is 1. The van der Waals surface area contributed by atoms with Gasteiger partial charge in [0.15, 0.2) is 5.82 Å². The van der Waals surface area contributed by atoms with Crippen molar-refractivity contribution in [2.45, 2.75) is 25.4 Å². The molecule has 0 spiro atoms. The molecule has 3 aromatic rings. The van der Waals surface area contributed by atoms with E-state index in [0.29, 0.717) is 29.7 Å². The third-order valence-corrected chi connectivity index (χ3v) is 5.41. The molecule has 3 N–H and O–H groups in total. The Labute approximate surface area is 180 Å². The number of nitrogens with two attached hydrogens (primary N) is 1. The number of hydrogen-bond donors (Lipinski definition) is 2. The fourth-order valence-corrected chi connectivity index (χ4v) is 3.66. The number of nitrogen functional groups attached to an aromatic ring is 1. The van der Waals surface area contributed by atoms with Gasteiger partial charge in [-0.1, -0.05) is 6.07 Å². The van der Waals surface area contributed by atoms with Crippen LogP contribution in [0.5, 0.6) is 0 Å². The molecule has 9 heteroatoms. The van der Waals surface area contributed by atoms with Crippen LogP contribution in [0.2, 0.25) is 0 Å². The summed E-state index contributed by atoms with van der Waals surface area (Å²) < 4.78 is 0. The number of aromatic nitrogens is 3. The van der Waals surface area contributed by atoms with Crippen LogP contribution in [0.15, 0.2) is 48.8 Å². The van der Waals surface area contributed by atoms with E-state index in [1.54, 1.807) is 29.4 Å². The lowest BCUT2D eigenvalue weighted by Gasteiger charge is -2.36. The van der Waals surface area contributed by atoms with Gasteiger partial charge in [0.25, 0.3) is 0 Å². The van der Waals surface area contributed by atoms with E-state index in [9.17, 15) is 4.79 Å². The Bertz CT molecular complexity index is 1130. The van der Waals surface area contributed by atoms with Crippen molar-refractivity contribution in [1.82, 2.24) is 19.9 Å². The molecule has 1 saturated carbocycles. The molecule has 3 heterocycles. The van der Waals surface area contributed by atoms with E-state index in [1.807, 2.05) is 48.2 Å². The highest BCUT2D eigenvalue weighted by Gasteiger charge is 2.41. The van der Waals surface area contributed by atoms with Crippen LogP contribution >= 0.6 is 0 Å². The molecule has 0 atom stereocenters. The molecule has 0 bridgehead atoms. The molecule has 2 amide bonds. The molecule has 1 aliphatic heterocycles. The zero-order chi connectivity index (χ0) is 21.5. The van der Waals surface area contributed by atoms with Crippen LogP contribution < -0.4 is 20.9 Å². The normalized spacial score (nSPS) is 15.6. The van der Waals surface area contributed by atoms with Crippen LogP contribution in [0.4, 0.5) is 39.4 Å². The van der Waals surface area contributed by atoms with Gasteiger partial charge in [0.05, 0.1) is 24.1 Å². The van der Waals surface area contributed by atoms with Gasteiger partial charge in [-0.3, -0.25) is 0 Å². The minimum Gasteiger partial charge on any atom is -0.399 e. The summed E-state index contributed by atoms with van der Waals surface area (Å²) in [5, 5.41) is 3.19. The van der Waals surface area contributed by atoms with E-state index >= 15 is 0 Å². The van der Waals surface area contributed by atoms with Crippen LogP contribution in [0.1, 0.15) is 18.4 Å². The minimum atomic E-state index is -0.0812. The number of carbonyl (C=O) groups is 1. The Balaban J connectivity index is 1.50. The first kappa shape index (κ1) is 19.1. The summed E-state index contributed by atoms with van der Waals surface area (Å²) in [6.45, 7) is 0.511. The lowest BCUT2D eigenvalue weighted by molar-refractivity contribution is 0.198. The van der Waals surface area contributed by atoms with Crippen molar-refractivity contribution in [3.63, 3.8) is 0 Å². The molecule has 1 aromatic carbocycles. The van der Waals surface area contributed by atoms with Crippen LogP contribution in [0.25, 0.3) is 0 Å². The number of nitrogens with one attached hydrogen (secondary N) is 1. The highest BCUT2D eigenvalue weighted by molar-refractivity contribution is 6.01. The summed E-state index contributed by atoms with van der Waals surface area (Å²) in [7, 11) is 3.88. The average molecular weight is 416 g/mol. The molecule has 1 aliphatic carbocycles. The molecule has 0 radical (unpaired) electrons. The molecule has 0 unspecified atom stereocenters. The summed E-state index contributed by atoms with van der Waals surface area (Å²) >= 11 is 0. The number of pyridine rings is 1. The highest BCUT2D eigenvalue weighted by atomic mass is 16.2. The molecule has 1 fully saturated rings. The lowest BCUT2D eigenvalue weighted by atomic mass is 10.1. The van der Waals surface area contributed by atoms with Crippen molar-refractivity contribution in [2.24, 2.45) is 0 Å². The number of benzene rings is 1. The Morgan fingerprint density at radius 1 is 1.13 bits per heavy atom. The molecule has 5 rings (SSSR count). The Morgan fingerprint density at radius 2 is 1.97 bits per heavy atom. The van der Waals surface area contributed by atoms with Crippen molar-refractivity contribution in [3.05, 3.63) is 54.4 Å². The topological polar surface area (TPSA) is 104 Å². The van der Waals surface area contributed by atoms with E-state index in [4.69, 9.17) is 10.7 Å². The number of anilines is 6. The fourth-order valence-electron chi connectivity index (χ4n) is 3.66. The molecule has 31 heavy (non-hydrogen) atoms. The van der Waals surface area contributed by atoms with Crippen molar-refractivity contribution in [2.75, 3.05) is 34.9 Å². The predicted molar refractivity (Wildman–Crippen MR) is 121 cm³/mol. The molecular formula is C22H24N8O. The van der Waals surface area contributed by atoms with Gasteiger partial charge in [-0.05, 0) is 43.2 Å². The van der Waals surface area contributed by atoms with Gasteiger partial charge in [0, 0.05) is 37.6 Å². The summed E-state index contributed by atoms with van der Waals surface area (Å²) in [5.74, 6) is 1.83. The summed E-state index contributed by atoms with van der Waals surface area (Å²) in [6, 6.07) is 11.3. The standard InChI is InChI=1S/C22H24N8O/c1-28(2)19-9-6-16(12-24-19)26-21-25-11-14-13-29(17-7-8-17)22(31)30(20(14)27-21)18-5-3-4-15(23)10-18/h3-6,9-12,17H,7-8,13,23H2,1-2H3,(H,25,26,27). The third-order valence-electron chi connectivity index (χ3n) is 5.41. The smallest absolute Gasteiger partial charge is 0.330 e. The SMILES string of the molecule is CN(C)c1ccc(Nc2ncc3c(n2)N(c2cccc(N)c2)C(=O)N(C2CC2)C3)cn1. The Kier molecular flexibility index (Phi) is 4.58. The maximum Gasteiger partial charge on any atom is 0.330 e. The van der Waals surface area contributed by atoms with Gasteiger partial charge >= 0.3 is 6.03 Å². The molecule has 9 nitrogen and oxygen atoms in total. The number of amides is 2. The second kappa shape index (κ2) is 7.42. The first-order valence-electron chi connectivity index (χ1n) is 10.2. The zero-order valence-corrected chi connectivity index (χ0v) is 17.5. The number of hydrogen-bond acceptors (Lipinski definition) is 7. The monoisotopic (exact) mass is 416 g/mol. The highest BCUT2D eigenvalue weighted by Crippen LogP contribution is 2.39. The van der Waals surface area contributed by atoms with Crippen LogP contribution in [-0.2, 0) is 6.54 Å². The number of rotatable bonds is 5. The number of urea groups is 1. The molecule has 158 valence electrons. The molecule has 0 saturated heterocycles. The molecule has 2 aromatic heterocycles. The van der Waals surface area contributed by atoms with Crippen LogP contribution in [0, 0.1) is 0 Å². The predicted octanol–water partition coefficient (Wildman–Crippen LogP) is 3.50. The maximum absolute atomic E-state index is 13.4. The van der Waals surface area contributed by atoms with Gasteiger partial charge in [0.2, 0.25) is 5.95 Å². The minimum absolute atomic E-state index is 0.0812. The van der Waals surface area contributed by atoms with Crippen molar-refractivity contribution in [3.8, 4) is 0 Å². The van der Waals surface area contributed by atoms with E-state index in [1.165, 1.54) is 0 Å². The van der Waals surface area contributed by atoms with Gasteiger partial charge in [-0.25, -0.2) is 19.7 Å².